The van der Waals surface area contributed by atoms with E-state index in [1.54, 1.807) is 12.1 Å². The molecule has 3 rings (SSSR count). The lowest BCUT2D eigenvalue weighted by molar-refractivity contribution is -0.137. The number of hydrogen-bond acceptors (Lipinski definition) is 3. The van der Waals surface area contributed by atoms with Crippen molar-refractivity contribution in [3.05, 3.63) is 69.2 Å². The number of carbonyl (C=O) groups excluding carboxylic acids is 1. The van der Waals surface area contributed by atoms with Crippen LogP contribution in [0.2, 0.25) is 10.0 Å². The number of alkyl halides is 3. The number of amides is 1. The molecule has 1 aliphatic rings. The minimum absolute atomic E-state index is 0.286. The summed E-state index contributed by atoms with van der Waals surface area (Å²) in [7, 11) is 0. The van der Waals surface area contributed by atoms with Crippen LogP contribution >= 0.6 is 35.0 Å². The third-order valence-electron chi connectivity index (χ3n) is 3.85. The Morgan fingerprint density at radius 3 is 2.52 bits per heavy atom. The highest BCUT2D eigenvalue weighted by atomic mass is 35.5. The Kier molecular flexibility index (Phi) is 6.03. The third kappa shape index (κ3) is 4.78. The maximum absolute atomic E-state index is 12.8. The van der Waals surface area contributed by atoms with Crippen LogP contribution < -0.4 is 0 Å². The first kappa shape index (κ1) is 20.0. The van der Waals surface area contributed by atoms with Gasteiger partial charge in [-0.15, -0.1) is 0 Å². The summed E-state index contributed by atoms with van der Waals surface area (Å²) in [5.41, 5.74) is 0.298. The molecule has 3 nitrogen and oxygen atoms in total. The second-order valence-corrected chi connectivity index (χ2v) is 7.51. The molecule has 1 heterocycles. The van der Waals surface area contributed by atoms with Gasteiger partial charge in [-0.3, -0.25) is 14.7 Å². The minimum Gasteiger partial charge on any atom is -0.286 e. The molecular weight excluding hydrogens is 420 g/mol. The Balaban J connectivity index is 1.68. The number of amidine groups is 1. The first-order chi connectivity index (χ1) is 12.8. The normalized spacial score (nSPS) is 14.4. The molecule has 27 heavy (non-hydrogen) atoms. The van der Waals surface area contributed by atoms with E-state index < -0.39 is 11.7 Å². The van der Waals surface area contributed by atoms with Gasteiger partial charge >= 0.3 is 6.18 Å². The fraction of sp³-hybridized carbons (Fsp3) is 0.222. The molecule has 1 amide bonds. The molecule has 2 aromatic rings. The summed E-state index contributed by atoms with van der Waals surface area (Å²) in [5, 5.41) is 1.21. The van der Waals surface area contributed by atoms with Crippen LogP contribution in [0.15, 0.2) is 47.5 Å². The molecule has 0 radical (unpaired) electrons. The van der Waals surface area contributed by atoms with E-state index in [0.29, 0.717) is 39.6 Å². The van der Waals surface area contributed by atoms with Crippen LogP contribution in [0.3, 0.4) is 0 Å². The van der Waals surface area contributed by atoms with Crippen molar-refractivity contribution < 1.29 is 18.0 Å². The highest BCUT2D eigenvalue weighted by Crippen LogP contribution is 2.30. The van der Waals surface area contributed by atoms with Gasteiger partial charge in [0.05, 0.1) is 22.7 Å². The standard InChI is InChI=1S/C18H13Cl2F3N2OS/c19-13-5-6-15(20)14(9-13)16(26)25-8-7-24-17(25)27-10-11-1-3-12(4-2-11)18(21,22)23/h1-6,9H,7-8,10H2. The summed E-state index contributed by atoms with van der Waals surface area (Å²) in [4.78, 5) is 18.6. The highest BCUT2D eigenvalue weighted by molar-refractivity contribution is 8.13. The smallest absolute Gasteiger partial charge is 0.286 e. The number of thioether (sulfide) groups is 1. The molecule has 0 atom stereocenters. The Hall–Kier alpha value is -1.70. The van der Waals surface area contributed by atoms with Gasteiger partial charge in [-0.1, -0.05) is 47.1 Å². The molecule has 1 aliphatic heterocycles. The number of aliphatic imine (C=N–C) groups is 1. The number of rotatable bonds is 3. The second kappa shape index (κ2) is 8.12. The largest absolute Gasteiger partial charge is 0.416 e. The van der Waals surface area contributed by atoms with Crippen molar-refractivity contribution in [2.75, 3.05) is 13.1 Å². The van der Waals surface area contributed by atoms with Crippen LogP contribution in [-0.2, 0) is 11.9 Å². The Bertz CT molecular complexity index is 885. The molecule has 0 aromatic heterocycles. The molecule has 0 saturated carbocycles. The lowest BCUT2D eigenvalue weighted by Gasteiger charge is -2.18. The van der Waals surface area contributed by atoms with Crippen molar-refractivity contribution in [3.8, 4) is 0 Å². The van der Waals surface area contributed by atoms with E-state index in [1.165, 1.54) is 34.9 Å². The molecule has 0 spiro atoms. The lowest BCUT2D eigenvalue weighted by atomic mass is 10.1. The van der Waals surface area contributed by atoms with Crippen molar-refractivity contribution in [2.45, 2.75) is 11.9 Å². The number of nitrogens with zero attached hydrogens (tertiary/aromatic N) is 2. The fourth-order valence-electron chi connectivity index (χ4n) is 2.48. The fourth-order valence-corrected chi connectivity index (χ4v) is 3.85. The second-order valence-electron chi connectivity index (χ2n) is 5.73. The molecule has 2 aromatic carbocycles. The Morgan fingerprint density at radius 2 is 1.85 bits per heavy atom. The minimum atomic E-state index is -4.36. The average molecular weight is 433 g/mol. The van der Waals surface area contributed by atoms with E-state index in [1.807, 2.05) is 0 Å². The van der Waals surface area contributed by atoms with Gasteiger partial charge in [-0.05, 0) is 35.9 Å². The molecule has 0 unspecified atom stereocenters. The van der Waals surface area contributed by atoms with Gasteiger partial charge in [0.25, 0.3) is 5.91 Å². The van der Waals surface area contributed by atoms with E-state index in [4.69, 9.17) is 23.2 Å². The van der Waals surface area contributed by atoms with E-state index in [9.17, 15) is 18.0 Å². The molecule has 0 fully saturated rings. The number of halogens is 5. The average Bonchev–Trinajstić information content (AvgIpc) is 3.09. The molecule has 142 valence electrons. The SMILES string of the molecule is O=C(c1cc(Cl)ccc1Cl)N1CCN=C1SCc1ccc(C(F)(F)F)cc1. The van der Waals surface area contributed by atoms with Gasteiger partial charge in [0.1, 0.15) is 0 Å². The van der Waals surface area contributed by atoms with Crippen LogP contribution in [0.25, 0.3) is 0 Å². The van der Waals surface area contributed by atoms with Gasteiger partial charge in [0.15, 0.2) is 5.17 Å². The van der Waals surface area contributed by atoms with Crippen LogP contribution in [0.1, 0.15) is 21.5 Å². The lowest BCUT2D eigenvalue weighted by Crippen LogP contribution is -2.33. The topological polar surface area (TPSA) is 32.7 Å². The van der Waals surface area contributed by atoms with Crippen LogP contribution in [-0.4, -0.2) is 29.1 Å². The molecular formula is C18H13Cl2F3N2OS. The van der Waals surface area contributed by atoms with Crippen molar-refractivity contribution >= 4 is 46.0 Å². The summed E-state index contributed by atoms with van der Waals surface area (Å²) in [6.07, 6.45) is -4.36. The van der Waals surface area contributed by atoms with Crippen molar-refractivity contribution in [1.82, 2.24) is 4.90 Å². The first-order valence-electron chi connectivity index (χ1n) is 7.86. The van der Waals surface area contributed by atoms with E-state index >= 15 is 0 Å². The quantitative estimate of drug-likeness (QED) is 0.617. The van der Waals surface area contributed by atoms with Crippen LogP contribution in [0, 0.1) is 0 Å². The summed E-state index contributed by atoms with van der Waals surface area (Å²) in [5.74, 6) is 0.0861. The van der Waals surface area contributed by atoms with Crippen molar-refractivity contribution in [3.63, 3.8) is 0 Å². The van der Waals surface area contributed by atoms with Gasteiger partial charge in [-0.25, -0.2) is 0 Å². The van der Waals surface area contributed by atoms with Gasteiger partial charge in [0.2, 0.25) is 0 Å². The number of benzene rings is 2. The summed E-state index contributed by atoms with van der Waals surface area (Å²) in [6, 6.07) is 9.58. The Labute approximate surface area is 168 Å². The zero-order valence-electron chi connectivity index (χ0n) is 13.8. The van der Waals surface area contributed by atoms with Crippen molar-refractivity contribution in [1.29, 1.82) is 0 Å². The van der Waals surface area contributed by atoms with Gasteiger partial charge < -0.3 is 0 Å². The van der Waals surface area contributed by atoms with E-state index in [2.05, 4.69) is 4.99 Å². The van der Waals surface area contributed by atoms with Gasteiger partial charge in [-0.2, -0.15) is 13.2 Å². The monoisotopic (exact) mass is 432 g/mol. The molecule has 0 N–H and O–H groups in total. The zero-order valence-corrected chi connectivity index (χ0v) is 16.1. The molecule has 9 heteroatoms. The summed E-state index contributed by atoms with van der Waals surface area (Å²) >= 11 is 13.3. The molecule has 0 aliphatic carbocycles. The first-order valence-corrected chi connectivity index (χ1v) is 9.60. The summed E-state index contributed by atoms with van der Waals surface area (Å²) in [6.45, 7) is 0.871. The van der Waals surface area contributed by atoms with Gasteiger partial charge in [0, 0.05) is 17.3 Å². The van der Waals surface area contributed by atoms with E-state index in [0.717, 1.165) is 12.1 Å². The molecule has 0 saturated heterocycles. The van der Waals surface area contributed by atoms with Crippen LogP contribution in [0.5, 0.6) is 0 Å². The zero-order chi connectivity index (χ0) is 19.6. The molecule has 0 bridgehead atoms. The maximum atomic E-state index is 12.8. The van der Waals surface area contributed by atoms with E-state index in [-0.39, 0.29) is 11.5 Å². The maximum Gasteiger partial charge on any atom is 0.416 e. The van der Waals surface area contributed by atoms with Crippen LogP contribution in [0.4, 0.5) is 13.2 Å². The predicted octanol–water partition coefficient (Wildman–Crippen LogP) is 5.76. The summed E-state index contributed by atoms with van der Waals surface area (Å²) < 4.78 is 37.9. The predicted molar refractivity (Wildman–Crippen MR) is 103 cm³/mol. The third-order valence-corrected chi connectivity index (χ3v) is 5.50. The highest BCUT2D eigenvalue weighted by Gasteiger charge is 2.30. The number of carbonyl (C=O) groups is 1. The Morgan fingerprint density at radius 1 is 1.15 bits per heavy atom. The number of hydrogen-bond donors (Lipinski definition) is 0. The van der Waals surface area contributed by atoms with Crippen molar-refractivity contribution in [2.24, 2.45) is 4.99 Å².